The lowest BCUT2D eigenvalue weighted by Gasteiger charge is -2.25. The van der Waals surface area contributed by atoms with Gasteiger partial charge in [0.15, 0.2) is 5.82 Å². The number of anilines is 1. The molecule has 1 amide bonds. The van der Waals surface area contributed by atoms with Crippen LogP contribution in [0.15, 0.2) is 63.8 Å². The maximum atomic E-state index is 15.5. The largest absolute Gasteiger partial charge is 0.386 e. The minimum atomic E-state index is -4.12. The van der Waals surface area contributed by atoms with Gasteiger partial charge in [0.1, 0.15) is 53.0 Å². The molecule has 0 aliphatic heterocycles. The van der Waals surface area contributed by atoms with Crippen molar-refractivity contribution in [2.45, 2.75) is 50.6 Å². The molecule has 6 aromatic rings. The molecule has 4 N–H and O–H groups in total. The Morgan fingerprint density at radius 3 is 2.47 bits per heavy atom. The van der Waals surface area contributed by atoms with Crippen LogP contribution in [0.5, 0.6) is 0 Å². The second-order valence-corrected chi connectivity index (χ2v) is 17.3. The molecular formula is C41H32ClF6N11O4S. The fourth-order valence-corrected chi connectivity index (χ4v) is 8.87. The van der Waals surface area contributed by atoms with Crippen molar-refractivity contribution in [2.24, 2.45) is 16.0 Å². The van der Waals surface area contributed by atoms with Gasteiger partial charge in [-0.1, -0.05) is 17.7 Å². The lowest BCUT2D eigenvalue weighted by atomic mass is 10.0. The van der Waals surface area contributed by atoms with Crippen LogP contribution in [0.4, 0.5) is 32.0 Å². The lowest BCUT2D eigenvalue weighted by molar-refractivity contribution is -0.123. The Morgan fingerprint density at radius 2 is 1.81 bits per heavy atom. The number of alkyl halides is 4. The van der Waals surface area contributed by atoms with Crippen LogP contribution >= 0.6 is 11.6 Å². The van der Waals surface area contributed by atoms with Gasteiger partial charge < -0.3 is 16.4 Å². The molecule has 3 heterocycles. The van der Waals surface area contributed by atoms with E-state index in [-0.39, 0.29) is 73.3 Å². The van der Waals surface area contributed by atoms with Crippen molar-refractivity contribution in [3.05, 3.63) is 127 Å². The normalized spacial score (nSPS) is 16.9. The topological polar surface area (TPSA) is 216 Å². The number of carbonyl (C=O) groups is 1. The third-order valence-corrected chi connectivity index (χ3v) is 11.6. The molecular weight excluding hydrogens is 892 g/mol. The van der Waals surface area contributed by atoms with Gasteiger partial charge in [-0.25, -0.2) is 40.9 Å². The summed E-state index contributed by atoms with van der Waals surface area (Å²) in [5, 5.41) is 18.6. The van der Waals surface area contributed by atoms with Crippen molar-refractivity contribution < 1.29 is 39.6 Å². The van der Waals surface area contributed by atoms with Crippen LogP contribution < -0.4 is 21.9 Å². The molecule has 3 aromatic carbocycles. The van der Waals surface area contributed by atoms with Gasteiger partial charge in [0.05, 0.1) is 45.2 Å². The van der Waals surface area contributed by atoms with E-state index in [1.165, 1.54) is 43.4 Å². The Hall–Kier alpha value is -6.86. The number of amidine groups is 1. The molecule has 0 saturated heterocycles. The molecule has 15 nitrogen and oxygen atoms in total. The number of halogens is 7. The molecule has 3 atom stereocenters. The van der Waals surface area contributed by atoms with Crippen LogP contribution in [0, 0.1) is 35.8 Å². The van der Waals surface area contributed by atoms with Crippen molar-refractivity contribution in [3.63, 3.8) is 0 Å². The molecule has 0 spiro atoms. The Labute approximate surface area is 363 Å². The molecule has 1 fully saturated rings. The van der Waals surface area contributed by atoms with Gasteiger partial charge in [0.25, 0.3) is 27.9 Å². The van der Waals surface area contributed by atoms with Gasteiger partial charge in [0.2, 0.25) is 5.91 Å². The predicted octanol–water partition coefficient (Wildman–Crippen LogP) is 6.10. The van der Waals surface area contributed by atoms with Gasteiger partial charge in [-0.2, -0.15) is 19.1 Å². The highest BCUT2D eigenvalue weighted by Gasteiger charge is 2.67. The minimum Gasteiger partial charge on any atom is -0.386 e. The molecule has 2 aliphatic carbocycles. The Balaban J connectivity index is 1.36. The van der Waals surface area contributed by atoms with Gasteiger partial charge in [-0.15, -0.1) is 4.40 Å². The highest BCUT2D eigenvalue weighted by Crippen LogP contribution is 2.68. The number of nitrogens with one attached hydrogen (secondary N) is 2. The Bertz CT molecular complexity index is 3190. The molecule has 64 heavy (non-hydrogen) atoms. The van der Waals surface area contributed by atoms with E-state index in [1.54, 1.807) is 6.92 Å². The first kappa shape index (κ1) is 43.8. The van der Waals surface area contributed by atoms with E-state index in [2.05, 4.69) is 30.1 Å². The van der Waals surface area contributed by atoms with Gasteiger partial charge in [-0.3, -0.25) is 18.8 Å². The monoisotopic (exact) mass is 923 g/mol. The molecule has 0 unspecified atom stereocenters. The SMILES string of the molecule is CNc1c(-n2c([C@H](Cc3cc(F)cc(F)c3)NC(=O)Cn3nc(C(F)F)c4c3C(F)(F)[C@@H]3C[C@H]43)nc3cc(-c4nc(C)cc(C#N)n4)ccc3c2=O)ccc(Cl)c1C(N)=NS(C)(=O)=O. The van der Waals surface area contributed by atoms with Crippen molar-refractivity contribution >= 4 is 50.0 Å². The van der Waals surface area contributed by atoms with E-state index in [4.69, 9.17) is 22.3 Å². The number of aromatic nitrogens is 6. The number of fused-ring (bicyclic) bond motifs is 4. The first-order valence-electron chi connectivity index (χ1n) is 19.1. The van der Waals surface area contributed by atoms with E-state index in [0.717, 1.165) is 23.0 Å². The minimum absolute atomic E-state index is 0.0287. The van der Waals surface area contributed by atoms with Crippen LogP contribution in [-0.4, -0.2) is 62.8 Å². The van der Waals surface area contributed by atoms with Crippen molar-refractivity contribution in [3.8, 4) is 23.1 Å². The number of hydrogen-bond acceptors (Lipinski definition) is 10. The summed E-state index contributed by atoms with van der Waals surface area (Å²) < 4.78 is 118. The maximum absolute atomic E-state index is 15.5. The number of amides is 1. The Morgan fingerprint density at radius 1 is 1.09 bits per heavy atom. The average molecular weight is 924 g/mol. The van der Waals surface area contributed by atoms with E-state index in [9.17, 15) is 40.8 Å². The Kier molecular flexibility index (Phi) is 11.0. The molecule has 330 valence electrons. The van der Waals surface area contributed by atoms with E-state index in [1.807, 2.05) is 6.07 Å². The van der Waals surface area contributed by atoms with Crippen LogP contribution in [0.25, 0.3) is 28.0 Å². The maximum Gasteiger partial charge on any atom is 0.293 e. The number of carbonyl (C=O) groups excluding carboxylic acids is 1. The number of nitriles is 1. The fourth-order valence-electron chi connectivity index (χ4n) is 8.17. The fraction of sp³-hybridized carbons (Fsp3) is 0.268. The van der Waals surface area contributed by atoms with Crippen LogP contribution in [-0.2, 0) is 33.7 Å². The molecule has 8 rings (SSSR count). The number of aryl methyl sites for hydroxylation is 1. The highest BCUT2D eigenvalue weighted by atomic mass is 35.5. The lowest BCUT2D eigenvalue weighted by Crippen LogP contribution is -2.38. The van der Waals surface area contributed by atoms with Gasteiger partial charge in [0, 0.05) is 42.3 Å². The number of benzene rings is 3. The summed E-state index contributed by atoms with van der Waals surface area (Å²) in [6.07, 6.45) is -3.01. The van der Waals surface area contributed by atoms with Crippen LogP contribution in [0.2, 0.25) is 5.02 Å². The standard InChI is InChI=1S/C41H32ClF6N11O4S/c1-17-8-22(15-49)53-38(52-17)19-4-5-23-27(12-19)55-39(59(40(23)61)29-7-6-26(42)32(33(29)51-2)37(50)57-64(3,62)63)28(11-18-9-20(43)13-21(44)10-18)54-30(60)16-58-35-31(34(56-58)36(45)46)24-14-25(24)41(35,47)48/h4-10,12-13,24-25,28,36,51H,11,14,16H2,1-3H3,(H2,50,57)(H,54,60)/t24-,25+,28-/m0/s1. The van der Waals surface area contributed by atoms with E-state index < -0.39 is 93.5 Å². The predicted molar refractivity (Wildman–Crippen MR) is 221 cm³/mol. The number of sulfonamides is 1. The first-order valence-corrected chi connectivity index (χ1v) is 21.3. The van der Waals surface area contributed by atoms with Crippen molar-refractivity contribution in [2.75, 3.05) is 18.6 Å². The number of rotatable bonds is 12. The van der Waals surface area contributed by atoms with Gasteiger partial charge in [-0.05, 0) is 67.3 Å². The first-order chi connectivity index (χ1) is 30.2. The average Bonchev–Trinajstić information content (AvgIpc) is 3.87. The van der Waals surface area contributed by atoms with Crippen LogP contribution in [0.1, 0.15) is 70.1 Å². The van der Waals surface area contributed by atoms with E-state index in [0.29, 0.717) is 16.4 Å². The third kappa shape index (κ3) is 8.00. The zero-order valence-electron chi connectivity index (χ0n) is 33.5. The summed E-state index contributed by atoms with van der Waals surface area (Å²) in [5.41, 5.74) is 3.56. The molecule has 0 bridgehead atoms. The number of nitrogens with two attached hydrogens (primary N) is 1. The summed E-state index contributed by atoms with van der Waals surface area (Å²) in [6.45, 7) is 0.602. The van der Waals surface area contributed by atoms with Crippen molar-refractivity contribution in [1.29, 1.82) is 5.26 Å². The summed E-state index contributed by atoms with van der Waals surface area (Å²) in [7, 11) is -2.73. The summed E-state index contributed by atoms with van der Waals surface area (Å²) >= 11 is 6.55. The zero-order valence-corrected chi connectivity index (χ0v) is 35.0. The van der Waals surface area contributed by atoms with Gasteiger partial charge >= 0.3 is 0 Å². The quantitative estimate of drug-likeness (QED) is 0.0724. The molecule has 1 saturated carbocycles. The second kappa shape index (κ2) is 16.0. The summed E-state index contributed by atoms with van der Waals surface area (Å²) in [5.74, 6) is -9.68. The van der Waals surface area contributed by atoms with Crippen molar-refractivity contribution in [1.82, 2.24) is 34.6 Å². The third-order valence-electron chi connectivity index (χ3n) is 10.7. The van der Waals surface area contributed by atoms with E-state index >= 15 is 8.78 Å². The smallest absolute Gasteiger partial charge is 0.293 e. The summed E-state index contributed by atoms with van der Waals surface area (Å²) in [6, 6.07) is 11.1. The highest BCUT2D eigenvalue weighted by molar-refractivity contribution is 7.89. The molecule has 2 aliphatic rings. The second-order valence-electron chi connectivity index (χ2n) is 15.2. The number of hydrogen-bond donors (Lipinski definition) is 3. The molecule has 3 aromatic heterocycles. The molecule has 23 heteroatoms. The summed E-state index contributed by atoms with van der Waals surface area (Å²) in [4.78, 5) is 42.6. The zero-order chi connectivity index (χ0) is 46.2. The number of nitrogens with zero attached hydrogens (tertiary/aromatic N) is 8. The molecule has 0 radical (unpaired) electrons. The van der Waals surface area contributed by atoms with Crippen LogP contribution in [0.3, 0.4) is 0 Å².